The summed E-state index contributed by atoms with van der Waals surface area (Å²) in [4.78, 5) is 12.1. The van der Waals surface area contributed by atoms with Gasteiger partial charge in [0, 0.05) is 5.33 Å². The third-order valence-corrected chi connectivity index (χ3v) is 4.24. The predicted octanol–water partition coefficient (Wildman–Crippen LogP) is 5.29. The Morgan fingerprint density at radius 1 is 1.12 bits per heavy atom. The Labute approximate surface area is 155 Å². The van der Waals surface area contributed by atoms with E-state index in [9.17, 15) is 4.79 Å². The smallest absolute Gasteiger partial charge is 0.308 e. The zero-order chi connectivity index (χ0) is 18.4. The van der Waals surface area contributed by atoms with Gasteiger partial charge in [-0.3, -0.25) is 4.79 Å². The highest BCUT2D eigenvalue weighted by Crippen LogP contribution is 2.26. The van der Waals surface area contributed by atoms with Gasteiger partial charge in [0.2, 0.25) is 0 Å². The third kappa shape index (κ3) is 8.29. The maximum atomic E-state index is 12.1. The Balaban J connectivity index is 2.59. The first-order chi connectivity index (χ1) is 11.0. The van der Waals surface area contributed by atoms with Gasteiger partial charge in [-0.15, -0.1) is 0 Å². The van der Waals surface area contributed by atoms with Crippen LogP contribution in [-0.2, 0) is 26.0 Å². The van der Waals surface area contributed by atoms with Crippen LogP contribution in [0.3, 0.4) is 0 Å². The van der Waals surface area contributed by atoms with Gasteiger partial charge in [0.1, 0.15) is 5.60 Å². The summed E-state index contributed by atoms with van der Waals surface area (Å²) in [5.74, 6) is -0.205. The average Bonchev–Trinajstić information content (AvgIpc) is 2.43. The van der Waals surface area contributed by atoms with Crippen LogP contribution in [0.2, 0.25) is 0 Å². The second-order valence-corrected chi connectivity index (χ2v) is 8.78. The van der Waals surface area contributed by atoms with Gasteiger partial charge < -0.3 is 9.47 Å². The number of carbonyl (C=O) groups is 1. The molecule has 0 spiro atoms. The second kappa shape index (κ2) is 9.00. The molecule has 1 atom stereocenters. The van der Waals surface area contributed by atoms with Gasteiger partial charge in [0.05, 0.1) is 19.1 Å². The molecule has 4 heteroatoms. The Morgan fingerprint density at radius 3 is 2.29 bits per heavy atom. The number of esters is 1. The number of carbonyl (C=O) groups excluding carboxylic acids is 1. The molecular weight excluding hydrogens is 368 g/mol. The second-order valence-electron chi connectivity index (χ2n) is 8.22. The number of benzene rings is 1. The van der Waals surface area contributed by atoms with Crippen molar-refractivity contribution in [3.63, 3.8) is 0 Å². The topological polar surface area (TPSA) is 35.5 Å². The molecule has 136 valence electrons. The summed E-state index contributed by atoms with van der Waals surface area (Å²) in [5.41, 5.74) is 1.93. The highest BCUT2D eigenvalue weighted by molar-refractivity contribution is 9.08. The molecule has 0 aliphatic heterocycles. The summed E-state index contributed by atoms with van der Waals surface area (Å²) in [6, 6.07) is 8.45. The highest BCUT2D eigenvalue weighted by Gasteiger charge is 2.30. The zero-order valence-electron chi connectivity index (χ0n) is 15.8. The van der Waals surface area contributed by atoms with Crippen LogP contribution < -0.4 is 0 Å². The minimum atomic E-state index is -0.463. The number of rotatable bonds is 7. The lowest BCUT2D eigenvalue weighted by atomic mass is 9.87. The van der Waals surface area contributed by atoms with E-state index in [0.29, 0.717) is 6.61 Å². The molecular formula is C20H31BrO3. The minimum absolute atomic E-state index is 0.116. The Hall–Kier alpha value is -0.870. The van der Waals surface area contributed by atoms with Crippen LogP contribution in [0, 0.1) is 5.41 Å². The summed E-state index contributed by atoms with van der Waals surface area (Å²) in [5, 5.41) is 0.852. The van der Waals surface area contributed by atoms with Gasteiger partial charge in [-0.05, 0) is 43.7 Å². The lowest BCUT2D eigenvalue weighted by Gasteiger charge is -2.31. The zero-order valence-corrected chi connectivity index (χ0v) is 17.4. The van der Waals surface area contributed by atoms with Gasteiger partial charge >= 0.3 is 5.97 Å². The molecule has 0 bridgehead atoms. The molecule has 1 aromatic rings. The molecule has 3 nitrogen and oxygen atoms in total. The van der Waals surface area contributed by atoms with Gasteiger partial charge in [-0.25, -0.2) is 0 Å². The van der Waals surface area contributed by atoms with E-state index in [4.69, 9.17) is 9.47 Å². The number of hydrogen-bond donors (Lipinski definition) is 0. The maximum Gasteiger partial charge on any atom is 0.308 e. The van der Waals surface area contributed by atoms with E-state index in [-0.39, 0.29) is 23.9 Å². The fourth-order valence-corrected chi connectivity index (χ4v) is 2.69. The lowest BCUT2D eigenvalue weighted by Crippen LogP contribution is -2.35. The van der Waals surface area contributed by atoms with Crippen LogP contribution in [0.4, 0.5) is 0 Å². The quantitative estimate of drug-likeness (QED) is 0.462. The molecule has 0 aromatic heterocycles. The van der Waals surface area contributed by atoms with Crippen molar-refractivity contribution in [2.24, 2.45) is 5.41 Å². The molecule has 0 N–H and O–H groups in total. The summed E-state index contributed by atoms with van der Waals surface area (Å²) in [6.07, 6.45) is 0.955. The standard InChI is InChI=1S/C20H31BrO3/c1-19(2,3)17(13-18(22)24-20(4,5)6)23-11-10-15-8-7-9-16(12-15)14-21/h7-9,12,17H,10-11,13-14H2,1-6H3. The Kier molecular flexibility index (Phi) is 7.94. The van der Waals surface area contributed by atoms with E-state index in [1.807, 2.05) is 20.8 Å². The van der Waals surface area contributed by atoms with Gasteiger partial charge in [-0.2, -0.15) is 0 Å². The van der Waals surface area contributed by atoms with Gasteiger partial charge in [0.25, 0.3) is 0 Å². The Bertz CT molecular complexity index is 526. The largest absolute Gasteiger partial charge is 0.460 e. The molecule has 1 aromatic carbocycles. The molecule has 0 saturated carbocycles. The molecule has 24 heavy (non-hydrogen) atoms. The van der Waals surface area contributed by atoms with E-state index in [0.717, 1.165) is 11.8 Å². The summed E-state index contributed by atoms with van der Waals surface area (Å²) in [7, 11) is 0. The van der Waals surface area contributed by atoms with Crippen molar-refractivity contribution >= 4 is 21.9 Å². The van der Waals surface area contributed by atoms with Crippen molar-refractivity contribution in [2.75, 3.05) is 6.61 Å². The number of alkyl halides is 1. The highest BCUT2D eigenvalue weighted by atomic mass is 79.9. The SMILES string of the molecule is CC(C)(C)OC(=O)CC(OCCc1cccc(CBr)c1)C(C)(C)C. The normalized spacial score (nSPS) is 13.6. The lowest BCUT2D eigenvalue weighted by molar-refractivity contribution is -0.160. The monoisotopic (exact) mass is 398 g/mol. The van der Waals surface area contributed by atoms with E-state index in [2.05, 4.69) is 61.0 Å². The first kappa shape index (κ1) is 21.2. The summed E-state index contributed by atoms with van der Waals surface area (Å²) < 4.78 is 11.5. The summed E-state index contributed by atoms with van der Waals surface area (Å²) in [6.45, 7) is 12.5. The maximum absolute atomic E-state index is 12.1. The molecule has 0 saturated heterocycles. The van der Waals surface area contributed by atoms with E-state index >= 15 is 0 Å². The van der Waals surface area contributed by atoms with Gasteiger partial charge in [-0.1, -0.05) is 61.0 Å². The van der Waals surface area contributed by atoms with Crippen LogP contribution >= 0.6 is 15.9 Å². The van der Waals surface area contributed by atoms with E-state index in [1.165, 1.54) is 11.1 Å². The molecule has 0 aliphatic rings. The predicted molar refractivity (Wildman–Crippen MR) is 102 cm³/mol. The van der Waals surface area contributed by atoms with Crippen LogP contribution in [0.25, 0.3) is 0 Å². The minimum Gasteiger partial charge on any atom is -0.460 e. The molecule has 1 rings (SSSR count). The Morgan fingerprint density at radius 2 is 1.75 bits per heavy atom. The number of hydrogen-bond acceptors (Lipinski definition) is 3. The molecule has 0 amide bonds. The van der Waals surface area contributed by atoms with Crippen LogP contribution in [0.5, 0.6) is 0 Å². The van der Waals surface area contributed by atoms with Crippen molar-refractivity contribution in [3.8, 4) is 0 Å². The molecule has 0 aliphatic carbocycles. The van der Waals surface area contributed by atoms with E-state index < -0.39 is 5.60 Å². The van der Waals surface area contributed by atoms with Crippen LogP contribution in [0.1, 0.15) is 59.1 Å². The van der Waals surface area contributed by atoms with Crippen molar-refractivity contribution in [2.45, 2.75) is 71.4 Å². The van der Waals surface area contributed by atoms with Gasteiger partial charge in [0.15, 0.2) is 0 Å². The molecule has 0 heterocycles. The average molecular weight is 399 g/mol. The van der Waals surface area contributed by atoms with Crippen molar-refractivity contribution < 1.29 is 14.3 Å². The molecule has 1 unspecified atom stereocenters. The number of halogens is 1. The molecule has 0 radical (unpaired) electrons. The van der Waals surface area contributed by atoms with Crippen molar-refractivity contribution in [3.05, 3.63) is 35.4 Å². The van der Waals surface area contributed by atoms with Crippen molar-refractivity contribution in [1.82, 2.24) is 0 Å². The van der Waals surface area contributed by atoms with Crippen LogP contribution in [-0.4, -0.2) is 24.3 Å². The fourth-order valence-electron chi connectivity index (χ4n) is 2.34. The van der Waals surface area contributed by atoms with Crippen molar-refractivity contribution in [1.29, 1.82) is 0 Å². The first-order valence-electron chi connectivity index (χ1n) is 8.48. The fraction of sp³-hybridized carbons (Fsp3) is 0.650. The number of ether oxygens (including phenoxy) is 2. The van der Waals surface area contributed by atoms with E-state index in [1.54, 1.807) is 0 Å². The first-order valence-corrected chi connectivity index (χ1v) is 9.60. The third-order valence-electron chi connectivity index (χ3n) is 3.59. The van der Waals surface area contributed by atoms with Crippen LogP contribution in [0.15, 0.2) is 24.3 Å². The summed E-state index contributed by atoms with van der Waals surface area (Å²) >= 11 is 3.48. The molecule has 0 fully saturated rings.